The van der Waals surface area contributed by atoms with E-state index in [9.17, 15) is 14.9 Å². The first kappa shape index (κ1) is 14.1. The van der Waals surface area contributed by atoms with Crippen LogP contribution in [0.5, 0.6) is 0 Å². The molecule has 0 aliphatic rings. The van der Waals surface area contributed by atoms with Gasteiger partial charge in [-0.05, 0) is 19.4 Å². The van der Waals surface area contributed by atoms with Gasteiger partial charge in [0.25, 0.3) is 5.69 Å². The highest BCUT2D eigenvalue weighted by Gasteiger charge is 2.19. The molecule has 0 heterocycles. The Labute approximate surface area is 105 Å². The largest absolute Gasteiger partial charge is 0.394 e. The van der Waals surface area contributed by atoms with Crippen molar-refractivity contribution in [3.63, 3.8) is 0 Å². The van der Waals surface area contributed by atoms with E-state index in [0.717, 1.165) is 0 Å². The molecule has 1 amide bonds. The van der Waals surface area contributed by atoms with Crippen LogP contribution in [0.15, 0.2) is 24.3 Å². The molecule has 0 aromatic heterocycles. The molecular formula is C12H16N2O4. The first-order chi connectivity index (χ1) is 8.34. The van der Waals surface area contributed by atoms with Crippen molar-refractivity contribution < 1.29 is 14.8 Å². The van der Waals surface area contributed by atoms with E-state index in [0.29, 0.717) is 5.56 Å². The van der Waals surface area contributed by atoms with E-state index in [1.54, 1.807) is 19.9 Å². The number of nitro benzene ring substituents is 1. The molecule has 18 heavy (non-hydrogen) atoms. The maximum atomic E-state index is 11.7. The summed E-state index contributed by atoms with van der Waals surface area (Å²) in [6.45, 7) is 3.21. The van der Waals surface area contributed by atoms with Crippen molar-refractivity contribution in [3.05, 3.63) is 39.9 Å². The highest BCUT2D eigenvalue weighted by atomic mass is 16.6. The van der Waals surface area contributed by atoms with Crippen LogP contribution in [0, 0.1) is 10.1 Å². The zero-order valence-electron chi connectivity index (χ0n) is 10.3. The molecule has 0 saturated heterocycles. The first-order valence-corrected chi connectivity index (χ1v) is 5.49. The monoisotopic (exact) mass is 252 g/mol. The topological polar surface area (TPSA) is 92.5 Å². The lowest BCUT2D eigenvalue weighted by molar-refractivity contribution is -0.384. The molecule has 0 radical (unpaired) electrons. The molecule has 6 heteroatoms. The molecular weight excluding hydrogens is 236 g/mol. The number of benzene rings is 1. The summed E-state index contributed by atoms with van der Waals surface area (Å²) in [6, 6.07) is 5.93. The van der Waals surface area contributed by atoms with Gasteiger partial charge in [-0.2, -0.15) is 0 Å². The highest BCUT2D eigenvalue weighted by Crippen LogP contribution is 2.13. The third kappa shape index (κ3) is 4.14. The smallest absolute Gasteiger partial charge is 0.269 e. The Hall–Kier alpha value is -1.95. The molecule has 1 aromatic rings. The summed E-state index contributed by atoms with van der Waals surface area (Å²) in [5, 5.41) is 22.3. The zero-order chi connectivity index (χ0) is 13.8. The first-order valence-electron chi connectivity index (χ1n) is 5.49. The molecule has 0 saturated carbocycles. The lowest BCUT2D eigenvalue weighted by Gasteiger charge is -2.23. The Balaban J connectivity index is 2.70. The number of carbonyl (C=O) groups excluding carboxylic acids is 1. The minimum absolute atomic E-state index is 0.0401. The maximum absolute atomic E-state index is 11.7. The van der Waals surface area contributed by atoms with Crippen LogP contribution < -0.4 is 5.32 Å². The Bertz CT molecular complexity index is 457. The summed E-state index contributed by atoms with van der Waals surface area (Å²) in [6.07, 6.45) is 0.0467. The van der Waals surface area contributed by atoms with E-state index in [1.807, 2.05) is 0 Å². The Morgan fingerprint density at radius 3 is 2.72 bits per heavy atom. The van der Waals surface area contributed by atoms with Crippen molar-refractivity contribution in [1.29, 1.82) is 0 Å². The standard InChI is InChI=1S/C12H16N2O4/c1-12(2,8-15)13-11(16)7-9-4-3-5-10(6-9)14(17)18/h3-6,15H,7-8H2,1-2H3,(H,13,16). The van der Waals surface area contributed by atoms with Crippen LogP contribution in [0.25, 0.3) is 0 Å². The number of nitro groups is 1. The molecule has 0 aliphatic heterocycles. The lowest BCUT2D eigenvalue weighted by atomic mass is 10.1. The molecule has 6 nitrogen and oxygen atoms in total. The van der Waals surface area contributed by atoms with Gasteiger partial charge in [0.15, 0.2) is 0 Å². The molecule has 0 bridgehead atoms. The number of carbonyl (C=O) groups is 1. The van der Waals surface area contributed by atoms with Gasteiger partial charge in [0, 0.05) is 12.1 Å². The second-order valence-corrected chi connectivity index (χ2v) is 4.69. The van der Waals surface area contributed by atoms with Gasteiger partial charge in [-0.1, -0.05) is 12.1 Å². The number of aliphatic hydroxyl groups is 1. The van der Waals surface area contributed by atoms with Gasteiger partial charge in [-0.3, -0.25) is 14.9 Å². The number of amides is 1. The molecule has 0 unspecified atom stereocenters. The van der Waals surface area contributed by atoms with Crippen LogP contribution in [0.3, 0.4) is 0 Å². The normalized spacial score (nSPS) is 11.1. The third-order valence-electron chi connectivity index (χ3n) is 2.36. The fourth-order valence-corrected chi connectivity index (χ4v) is 1.43. The van der Waals surface area contributed by atoms with Crippen molar-refractivity contribution in [2.45, 2.75) is 25.8 Å². The molecule has 0 spiro atoms. The second-order valence-electron chi connectivity index (χ2n) is 4.69. The Morgan fingerprint density at radius 1 is 1.50 bits per heavy atom. The lowest BCUT2D eigenvalue weighted by Crippen LogP contribution is -2.46. The average Bonchev–Trinajstić information content (AvgIpc) is 2.28. The summed E-state index contributed by atoms with van der Waals surface area (Å²) < 4.78 is 0. The minimum atomic E-state index is -0.697. The van der Waals surface area contributed by atoms with Gasteiger partial charge in [0.2, 0.25) is 5.91 Å². The molecule has 2 N–H and O–H groups in total. The number of non-ortho nitro benzene ring substituents is 1. The number of rotatable bonds is 5. The predicted molar refractivity (Wildman–Crippen MR) is 66.1 cm³/mol. The van der Waals surface area contributed by atoms with Gasteiger partial charge in [-0.15, -0.1) is 0 Å². The number of aliphatic hydroxyl groups excluding tert-OH is 1. The average molecular weight is 252 g/mol. The fourth-order valence-electron chi connectivity index (χ4n) is 1.43. The SMILES string of the molecule is CC(C)(CO)NC(=O)Cc1cccc([N+](=O)[O-])c1. The van der Waals surface area contributed by atoms with E-state index in [1.165, 1.54) is 18.2 Å². The van der Waals surface area contributed by atoms with Crippen LogP contribution >= 0.6 is 0 Å². The van der Waals surface area contributed by atoms with E-state index in [4.69, 9.17) is 5.11 Å². The van der Waals surface area contributed by atoms with Gasteiger partial charge < -0.3 is 10.4 Å². The number of hydrogen-bond donors (Lipinski definition) is 2. The number of nitrogens with zero attached hydrogens (tertiary/aromatic N) is 1. The van der Waals surface area contributed by atoms with Crippen LogP contribution in [-0.4, -0.2) is 28.1 Å². The summed E-state index contributed by atoms with van der Waals surface area (Å²) in [7, 11) is 0. The zero-order valence-corrected chi connectivity index (χ0v) is 10.3. The van der Waals surface area contributed by atoms with Crippen LogP contribution in [0.4, 0.5) is 5.69 Å². The molecule has 98 valence electrons. The predicted octanol–water partition coefficient (Wildman–Crippen LogP) is 1.02. The van der Waals surface area contributed by atoms with Crippen molar-refractivity contribution in [1.82, 2.24) is 5.32 Å². The molecule has 0 atom stereocenters. The van der Waals surface area contributed by atoms with Crippen molar-refractivity contribution >= 4 is 11.6 Å². The van der Waals surface area contributed by atoms with Crippen LogP contribution in [0.2, 0.25) is 0 Å². The van der Waals surface area contributed by atoms with E-state index in [-0.39, 0.29) is 24.6 Å². The highest BCUT2D eigenvalue weighted by molar-refractivity contribution is 5.79. The van der Waals surface area contributed by atoms with Crippen molar-refractivity contribution in [2.24, 2.45) is 0 Å². The molecule has 1 aromatic carbocycles. The maximum Gasteiger partial charge on any atom is 0.269 e. The minimum Gasteiger partial charge on any atom is -0.394 e. The van der Waals surface area contributed by atoms with E-state index in [2.05, 4.69) is 5.32 Å². The van der Waals surface area contributed by atoms with Gasteiger partial charge in [0.1, 0.15) is 0 Å². The number of nitrogens with one attached hydrogen (secondary N) is 1. The molecule has 1 rings (SSSR count). The van der Waals surface area contributed by atoms with Crippen LogP contribution in [-0.2, 0) is 11.2 Å². The fraction of sp³-hybridized carbons (Fsp3) is 0.417. The van der Waals surface area contributed by atoms with E-state index >= 15 is 0 Å². The molecule has 0 aliphatic carbocycles. The van der Waals surface area contributed by atoms with E-state index < -0.39 is 10.5 Å². The van der Waals surface area contributed by atoms with Crippen molar-refractivity contribution in [3.8, 4) is 0 Å². The van der Waals surface area contributed by atoms with Gasteiger partial charge in [-0.25, -0.2) is 0 Å². The summed E-state index contributed by atoms with van der Waals surface area (Å²) in [5.41, 5.74) is -0.171. The summed E-state index contributed by atoms with van der Waals surface area (Å²) in [4.78, 5) is 21.8. The molecule has 0 fully saturated rings. The number of hydrogen-bond acceptors (Lipinski definition) is 4. The Kier molecular flexibility index (Phi) is 4.38. The third-order valence-corrected chi connectivity index (χ3v) is 2.36. The van der Waals surface area contributed by atoms with Gasteiger partial charge in [0.05, 0.1) is 23.5 Å². The summed E-state index contributed by atoms with van der Waals surface area (Å²) in [5.74, 6) is -0.283. The van der Waals surface area contributed by atoms with Gasteiger partial charge >= 0.3 is 0 Å². The Morgan fingerprint density at radius 2 is 2.17 bits per heavy atom. The second kappa shape index (κ2) is 5.59. The summed E-state index contributed by atoms with van der Waals surface area (Å²) >= 11 is 0. The van der Waals surface area contributed by atoms with Crippen LogP contribution in [0.1, 0.15) is 19.4 Å². The quantitative estimate of drug-likeness (QED) is 0.604. The van der Waals surface area contributed by atoms with Crippen molar-refractivity contribution in [2.75, 3.05) is 6.61 Å².